The van der Waals surface area contributed by atoms with Crippen LogP contribution in [0.3, 0.4) is 0 Å². The number of benzene rings is 1. The summed E-state index contributed by atoms with van der Waals surface area (Å²) in [5.41, 5.74) is 2.66. The lowest BCUT2D eigenvalue weighted by Gasteiger charge is -2.22. The molecule has 2 aromatic rings. The number of fused-ring (bicyclic) bond motifs is 1. The molecule has 0 saturated carbocycles. The summed E-state index contributed by atoms with van der Waals surface area (Å²) >= 11 is 6.39. The third kappa shape index (κ3) is 3.12. The van der Waals surface area contributed by atoms with Gasteiger partial charge in [-0.05, 0) is 58.0 Å². The summed E-state index contributed by atoms with van der Waals surface area (Å²) in [4.78, 5) is 2.61. The van der Waals surface area contributed by atoms with Gasteiger partial charge in [-0.1, -0.05) is 30.5 Å². The first kappa shape index (κ1) is 14.9. The van der Waals surface area contributed by atoms with Crippen LogP contribution in [-0.2, 0) is 6.54 Å². The number of nitrogens with zero attached hydrogens (tertiary/aromatic N) is 2. The molecule has 0 unspecified atom stereocenters. The summed E-state index contributed by atoms with van der Waals surface area (Å²) in [5.74, 6) is 0. The van der Waals surface area contributed by atoms with E-state index in [2.05, 4.69) is 41.5 Å². The molecule has 2 heterocycles. The molecule has 3 rings (SSSR count). The van der Waals surface area contributed by atoms with E-state index in [-0.39, 0.29) is 0 Å². The van der Waals surface area contributed by atoms with Crippen LogP contribution in [0.5, 0.6) is 0 Å². The Morgan fingerprint density at radius 2 is 1.81 bits per heavy atom. The average Bonchev–Trinajstić information content (AvgIpc) is 2.63. The van der Waals surface area contributed by atoms with Crippen LogP contribution < -0.4 is 0 Å². The highest BCUT2D eigenvalue weighted by molar-refractivity contribution is 6.35. The van der Waals surface area contributed by atoms with Crippen LogP contribution in [0.4, 0.5) is 0 Å². The van der Waals surface area contributed by atoms with Crippen molar-refractivity contribution in [3.63, 3.8) is 0 Å². The maximum atomic E-state index is 6.39. The van der Waals surface area contributed by atoms with E-state index in [0.29, 0.717) is 6.04 Å². The van der Waals surface area contributed by atoms with Crippen LogP contribution in [0.1, 0.15) is 51.3 Å². The molecule has 0 aliphatic carbocycles. The molecule has 1 aromatic carbocycles. The Labute approximate surface area is 132 Å². The summed E-state index contributed by atoms with van der Waals surface area (Å²) < 4.78 is 2.45. The van der Waals surface area contributed by atoms with Crippen molar-refractivity contribution in [2.24, 2.45) is 0 Å². The van der Waals surface area contributed by atoms with E-state index < -0.39 is 0 Å². The lowest BCUT2D eigenvalue weighted by Crippen LogP contribution is -2.25. The van der Waals surface area contributed by atoms with Gasteiger partial charge in [0, 0.05) is 34.2 Å². The van der Waals surface area contributed by atoms with E-state index in [4.69, 9.17) is 11.6 Å². The van der Waals surface area contributed by atoms with Gasteiger partial charge in [0.05, 0.1) is 0 Å². The molecule has 114 valence electrons. The van der Waals surface area contributed by atoms with E-state index in [1.165, 1.54) is 55.4 Å². The topological polar surface area (TPSA) is 8.17 Å². The zero-order chi connectivity index (χ0) is 14.8. The molecular formula is C18H25ClN2. The summed E-state index contributed by atoms with van der Waals surface area (Å²) in [6.07, 6.45) is 5.44. The molecule has 1 saturated heterocycles. The predicted molar refractivity (Wildman–Crippen MR) is 91.1 cm³/mol. The minimum Gasteiger partial charge on any atom is -0.341 e. The normalized spacial score (nSPS) is 17.5. The molecular weight excluding hydrogens is 280 g/mol. The maximum Gasteiger partial charge on any atom is 0.0500 e. The SMILES string of the molecule is CC(C)n1c(CN2CCCCCC2)cc2c(Cl)cccc21. The second kappa shape index (κ2) is 6.41. The van der Waals surface area contributed by atoms with E-state index in [0.717, 1.165) is 11.6 Å². The first-order valence-corrected chi connectivity index (χ1v) is 8.55. The van der Waals surface area contributed by atoms with Gasteiger partial charge in [0.1, 0.15) is 0 Å². The summed E-state index contributed by atoms with van der Waals surface area (Å²) in [6, 6.07) is 8.99. The van der Waals surface area contributed by atoms with Gasteiger partial charge in [-0.2, -0.15) is 0 Å². The number of aromatic nitrogens is 1. The van der Waals surface area contributed by atoms with Gasteiger partial charge in [-0.15, -0.1) is 0 Å². The molecule has 2 nitrogen and oxygen atoms in total. The Balaban J connectivity index is 1.96. The van der Waals surface area contributed by atoms with Crippen molar-refractivity contribution >= 4 is 22.5 Å². The van der Waals surface area contributed by atoms with Crippen molar-refractivity contribution in [1.29, 1.82) is 0 Å². The molecule has 0 amide bonds. The molecule has 1 aliphatic heterocycles. The van der Waals surface area contributed by atoms with Crippen molar-refractivity contribution in [2.75, 3.05) is 13.1 Å². The largest absolute Gasteiger partial charge is 0.341 e. The fourth-order valence-corrected chi connectivity index (χ4v) is 3.75. The highest BCUT2D eigenvalue weighted by Gasteiger charge is 2.16. The van der Waals surface area contributed by atoms with Crippen molar-refractivity contribution in [1.82, 2.24) is 9.47 Å². The maximum absolute atomic E-state index is 6.39. The van der Waals surface area contributed by atoms with Gasteiger partial charge in [0.2, 0.25) is 0 Å². The molecule has 1 fully saturated rings. The first-order valence-electron chi connectivity index (χ1n) is 8.17. The van der Waals surface area contributed by atoms with E-state index in [1.807, 2.05) is 6.07 Å². The van der Waals surface area contributed by atoms with Crippen molar-refractivity contribution in [2.45, 2.75) is 52.1 Å². The van der Waals surface area contributed by atoms with Crippen LogP contribution in [-0.4, -0.2) is 22.6 Å². The fraction of sp³-hybridized carbons (Fsp3) is 0.556. The Morgan fingerprint density at radius 3 is 2.48 bits per heavy atom. The minimum absolute atomic E-state index is 0.461. The van der Waals surface area contributed by atoms with Crippen LogP contribution >= 0.6 is 11.6 Å². The summed E-state index contributed by atoms with van der Waals surface area (Å²) in [5, 5.41) is 2.06. The second-order valence-electron chi connectivity index (χ2n) is 6.46. The molecule has 3 heteroatoms. The molecule has 0 atom stereocenters. The highest BCUT2D eigenvalue weighted by Crippen LogP contribution is 2.30. The zero-order valence-corrected chi connectivity index (χ0v) is 13.9. The van der Waals surface area contributed by atoms with Gasteiger partial charge in [-0.25, -0.2) is 0 Å². The second-order valence-corrected chi connectivity index (χ2v) is 6.87. The zero-order valence-electron chi connectivity index (χ0n) is 13.1. The monoisotopic (exact) mass is 304 g/mol. The minimum atomic E-state index is 0.461. The Hall–Kier alpha value is -0.990. The number of hydrogen-bond donors (Lipinski definition) is 0. The summed E-state index contributed by atoms with van der Waals surface area (Å²) in [7, 11) is 0. The number of rotatable bonds is 3. The number of halogens is 1. The number of hydrogen-bond acceptors (Lipinski definition) is 1. The van der Waals surface area contributed by atoms with Crippen molar-refractivity contribution < 1.29 is 0 Å². The standard InChI is InChI=1S/C18H25ClN2/c1-14(2)21-15(13-20-10-5-3-4-6-11-20)12-16-17(19)8-7-9-18(16)21/h7-9,12,14H,3-6,10-11,13H2,1-2H3. The smallest absolute Gasteiger partial charge is 0.0500 e. The predicted octanol–water partition coefficient (Wildman–Crippen LogP) is 5.25. The van der Waals surface area contributed by atoms with Gasteiger partial charge in [0.25, 0.3) is 0 Å². The van der Waals surface area contributed by atoms with E-state index in [9.17, 15) is 0 Å². The highest BCUT2D eigenvalue weighted by atomic mass is 35.5. The lowest BCUT2D eigenvalue weighted by atomic mass is 10.2. The van der Waals surface area contributed by atoms with Crippen molar-refractivity contribution in [3.05, 3.63) is 35.0 Å². The van der Waals surface area contributed by atoms with Crippen LogP contribution in [0, 0.1) is 0 Å². The Morgan fingerprint density at radius 1 is 1.10 bits per heavy atom. The van der Waals surface area contributed by atoms with Gasteiger partial charge in [0.15, 0.2) is 0 Å². The molecule has 0 spiro atoms. The van der Waals surface area contributed by atoms with Crippen LogP contribution in [0.15, 0.2) is 24.3 Å². The number of likely N-dealkylation sites (tertiary alicyclic amines) is 1. The lowest BCUT2D eigenvalue weighted by molar-refractivity contribution is 0.268. The fourth-order valence-electron chi connectivity index (χ4n) is 3.52. The molecule has 0 bridgehead atoms. The average molecular weight is 305 g/mol. The van der Waals surface area contributed by atoms with Gasteiger partial charge in [-0.3, -0.25) is 4.90 Å². The third-order valence-corrected chi connectivity index (χ3v) is 4.84. The molecule has 0 N–H and O–H groups in total. The van der Waals surface area contributed by atoms with E-state index >= 15 is 0 Å². The molecule has 1 aromatic heterocycles. The van der Waals surface area contributed by atoms with Gasteiger partial charge < -0.3 is 4.57 Å². The van der Waals surface area contributed by atoms with Crippen molar-refractivity contribution in [3.8, 4) is 0 Å². The van der Waals surface area contributed by atoms with Crippen LogP contribution in [0.2, 0.25) is 5.02 Å². The van der Waals surface area contributed by atoms with E-state index in [1.54, 1.807) is 0 Å². The Kier molecular flexibility index (Phi) is 4.56. The van der Waals surface area contributed by atoms with Gasteiger partial charge >= 0.3 is 0 Å². The molecule has 1 aliphatic rings. The Bertz CT molecular complexity index is 607. The molecule has 0 radical (unpaired) electrons. The molecule has 21 heavy (non-hydrogen) atoms. The van der Waals surface area contributed by atoms with Crippen LogP contribution in [0.25, 0.3) is 10.9 Å². The first-order chi connectivity index (χ1) is 10.2. The quantitative estimate of drug-likeness (QED) is 0.751. The third-order valence-electron chi connectivity index (χ3n) is 4.51. The summed E-state index contributed by atoms with van der Waals surface area (Å²) in [6.45, 7) is 8.02.